The molecule has 0 spiro atoms. The van der Waals surface area contributed by atoms with Gasteiger partial charge in [0.05, 0.1) is 0 Å². The molecule has 0 aliphatic heterocycles. The van der Waals surface area contributed by atoms with Gasteiger partial charge >= 0.3 is 0 Å². The van der Waals surface area contributed by atoms with Crippen molar-refractivity contribution in [2.24, 2.45) is 0 Å². The van der Waals surface area contributed by atoms with Crippen molar-refractivity contribution >= 4 is 5.91 Å². The van der Waals surface area contributed by atoms with E-state index in [0.29, 0.717) is 6.54 Å². The first-order chi connectivity index (χ1) is 5.90. The average Bonchev–Trinajstić information content (AvgIpc) is 2.03. The van der Waals surface area contributed by atoms with Gasteiger partial charge in [0.1, 0.15) is 5.54 Å². The molecule has 0 aliphatic rings. The molecule has 0 rings (SSSR count). The van der Waals surface area contributed by atoms with E-state index in [9.17, 15) is 4.79 Å². The van der Waals surface area contributed by atoms with Crippen LogP contribution in [-0.4, -0.2) is 48.7 Å². The number of hydroxylamine groups is 1. The van der Waals surface area contributed by atoms with E-state index in [0.717, 1.165) is 6.54 Å². The maximum absolute atomic E-state index is 11.3. The van der Waals surface area contributed by atoms with E-state index in [4.69, 9.17) is 5.21 Å². The minimum absolute atomic E-state index is 0.211. The first-order valence-corrected chi connectivity index (χ1v) is 4.24. The number of likely N-dealkylation sites (N-methyl/N-ethyl adjacent to an activating group) is 1. The standard InChI is InChI=1S/C8H19N3O2/c1-8(2,10-13)7(12)9-5-6-11(3)4/h10,13H,5-6H2,1-4H3,(H,9,12). The Morgan fingerprint density at radius 1 is 1.46 bits per heavy atom. The zero-order valence-corrected chi connectivity index (χ0v) is 8.72. The van der Waals surface area contributed by atoms with E-state index in [-0.39, 0.29) is 5.91 Å². The molecule has 78 valence electrons. The number of amides is 1. The molecule has 1 amide bonds. The van der Waals surface area contributed by atoms with Crippen molar-refractivity contribution in [3.63, 3.8) is 0 Å². The van der Waals surface area contributed by atoms with Crippen LogP contribution in [0.1, 0.15) is 13.8 Å². The van der Waals surface area contributed by atoms with Gasteiger partial charge in [0.25, 0.3) is 0 Å². The van der Waals surface area contributed by atoms with Gasteiger partial charge in [0.2, 0.25) is 5.91 Å². The smallest absolute Gasteiger partial charge is 0.242 e. The molecule has 0 bridgehead atoms. The Hall–Kier alpha value is -0.650. The second kappa shape index (κ2) is 5.16. The minimum atomic E-state index is -0.924. The van der Waals surface area contributed by atoms with Crippen LogP contribution in [0.2, 0.25) is 0 Å². The van der Waals surface area contributed by atoms with Gasteiger partial charge in [-0.05, 0) is 27.9 Å². The highest BCUT2D eigenvalue weighted by molar-refractivity contribution is 5.85. The van der Waals surface area contributed by atoms with E-state index in [1.165, 1.54) is 0 Å². The number of nitrogens with zero attached hydrogens (tertiary/aromatic N) is 1. The van der Waals surface area contributed by atoms with Crippen LogP contribution < -0.4 is 10.8 Å². The third-order valence-electron chi connectivity index (χ3n) is 1.69. The van der Waals surface area contributed by atoms with Gasteiger partial charge in [0.15, 0.2) is 0 Å². The molecular weight excluding hydrogens is 170 g/mol. The fourth-order valence-corrected chi connectivity index (χ4v) is 0.665. The van der Waals surface area contributed by atoms with Crippen LogP contribution in [0.4, 0.5) is 0 Å². The van der Waals surface area contributed by atoms with Crippen LogP contribution in [-0.2, 0) is 4.79 Å². The van der Waals surface area contributed by atoms with Crippen molar-refractivity contribution < 1.29 is 10.0 Å². The minimum Gasteiger partial charge on any atom is -0.353 e. The summed E-state index contributed by atoms with van der Waals surface area (Å²) in [6.07, 6.45) is 0. The Morgan fingerprint density at radius 2 is 2.00 bits per heavy atom. The molecule has 3 N–H and O–H groups in total. The number of hydrogen-bond donors (Lipinski definition) is 3. The second-order valence-electron chi connectivity index (χ2n) is 3.80. The summed E-state index contributed by atoms with van der Waals surface area (Å²) in [7, 11) is 3.86. The summed E-state index contributed by atoms with van der Waals surface area (Å²) in [5, 5.41) is 11.4. The highest BCUT2D eigenvalue weighted by atomic mass is 16.5. The molecular formula is C8H19N3O2. The third kappa shape index (κ3) is 4.82. The van der Waals surface area contributed by atoms with Gasteiger partial charge in [-0.3, -0.25) is 4.79 Å². The van der Waals surface area contributed by atoms with Gasteiger partial charge in [-0.25, -0.2) is 0 Å². The SMILES string of the molecule is CN(C)CCNC(=O)C(C)(C)NO. The van der Waals surface area contributed by atoms with Crippen LogP contribution in [0.5, 0.6) is 0 Å². The first-order valence-electron chi connectivity index (χ1n) is 4.24. The number of hydrogen-bond acceptors (Lipinski definition) is 4. The van der Waals surface area contributed by atoms with Gasteiger partial charge in [-0.1, -0.05) is 0 Å². The number of nitrogens with one attached hydrogen (secondary N) is 2. The molecule has 0 saturated heterocycles. The second-order valence-corrected chi connectivity index (χ2v) is 3.80. The largest absolute Gasteiger partial charge is 0.353 e. The highest BCUT2D eigenvalue weighted by Crippen LogP contribution is 1.99. The molecule has 0 radical (unpaired) electrons. The molecule has 5 nitrogen and oxygen atoms in total. The molecule has 0 unspecified atom stereocenters. The lowest BCUT2D eigenvalue weighted by molar-refractivity contribution is -0.130. The predicted octanol–water partition coefficient (Wildman–Crippen LogP) is -0.578. The van der Waals surface area contributed by atoms with Gasteiger partial charge in [-0.2, -0.15) is 5.48 Å². The van der Waals surface area contributed by atoms with Crippen molar-refractivity contribution in [2.45, 2.75) is 19.4 Å². The van der Waals surface area contributed by atoms with Crippen molar-refractivity contribution in [1.29, 1.82) is 0 Å². The number of carbonyl (C=O) groups is 1. The molecule has 0 saturated carbocycles. The van der Waals surface area contributed by atoms with Crippen molar-refractivity contribution in [3.05, 3.63) is 0 Å². The topological polar surface area (TPSA) is 64.6 Å². The Labute approximate surface area is 79.1 Å². The molecule has 0 aliphatic carbocycles. The van der Waals surface area contributed by atoms with E-state index >= 15 is 0 Å². The maximum atomic E-state index is 11.3. The first kappa shape index (κ1) is 12.3. The molecule has 0 aromatic carbocycles. The lowest BCUT2D eigenvalue weighted by Gasteiger charge is -2.21. The Morgan fingerprint density at radius 3 is 2.38 bits per heavy atom. The zero-order chi connectivity index (χ0) is 10.5. The quantitative estimate of drug-likeness (QED) is 0.506. The van der Waals surface area contributed by atoms with Gasteiger partial charge in [-0.15, -0.1) is 0 Å². The monoisotopic (exact) mass is 189 g/mol. The molecule has 0 aromatic rings. The Kier molecular flexibility index (Phi) is 4.90. The summed E-state index contributed by atoms with van der Waals surface area (Å²) in [6, 6.07) is 0. The van der Waals surface area contributed by atoms with E-state index in [2.05, 4.69) is 5.32 Å². The molecule has 5 heteroatoms. The summed E-state index contributed by atoms with van der Waals surface area (Å²) in [5.41, 5.74) is 1.03. The highest BCUT2D eigenvalue weighted by Gasteiger charge is 2.25. The normalized spacial score (nSPS) is 11.8. The Balaban J connectivity index is 3.75. The molecule has 13 heavy (non-hydrogen) atoms. The maximum Gasteiger partial charge on any atom is 0.242 e. The fraction of sp³-hybridized carbons (Fsp3) is 0.875. The summed E-state index contributed by atoms with van der Waals surface area (Å²) < 4.78 is 0. The average molecular weight is 189 g/mol. The summed E-state index contributed by atoms with van der Waals surface area (Å²) in [4.78, 5) is 13.3. The van der Waals surface area contributed by atoms with Crippen molar-refractivity contribution in [3.8, 4) is 0 Å². The van der Waals surface area contributed by atoms with Crippen LogP contribution in [0.3, 0.4) is 0 Å². The Bertz CT molecular complexity index is 169. The number of carbonyl (C=O) groups excluding carboxylic acids is 1. The molecule has 0 atom stereocenters. The summed E-state index contributed by atoms with van der Waals surface area (Å²) in [6.45, 7) is 4.58. The van der Waals surface area contributed by atoms with Gasteiger partial charge in [0, 0.05) is 13.1 Å². The third-order valence-corrected chi connectivity index (χ3v) is 1.69. The van der Waals surface area contributed by atoms with Crippen LogP contribution in [0.15, 0.2) is 0 Å². The zero-order valence-electron chi connectivity index (χ0n) is 8.72. The summed E-state index contributed by atoms with van der Waals surface area (Å²) in [5.74, 6) is -0.211. The van der Waals surface area contributed by atoms with Crippen molar-refractivity contribution in [2.75, 3.05) is 27.2 Å². The lowest BCUT2D eigenvalue weighted by Crippen LogP contribution is -2.52. The van der Waals surface area contributed by atoms with Gasteiger partial charge < -0.3 is 15.4 Å². The molecule has 0 heterocycles. The van der Waals surface area contributed by atoms with E-state index in [1.54, 1.807) is 13.8 Å². The van der Waals surface area contributed by atoms with Crippen molar-refractivity contribution in [1.82, 2.24) is 15.7 Å². The lowest BCUT2D eigenvalue weighted by atomic mass is 10.1. The van der Waals surface area contributed by atoms with Crippen LogP contribution in [0.25, 0.3) is 0 Å². The predicted molar refractivity (Wildman–Crippen MR) is 50.6 cm³/mol. The van der Waals surface area contributed by atoms with E-state index < -0.39 is 5.54 Å². The number of rotatable bonds is 5. The van der Waals surface area contributed by atoms with Crippen LogP contribution >= 0.6 is 0 Å². The van der Waals surface area contributed by atoms with Crippen LogP contribution in [0, 0.1) is 0 Å². The molecule has 0 fully saturated rings. The fourth-order valence-electron chi connectivity index (χ4n) is 0.665. The molecule has 0 aromatic heterocycles. The van der Waals surface area contributed by atoms with E-state index in [1.807, 2.05) is 24.5 Å². The summed E-state index contributed by atoms with van der Waals surface area (Å²) >= 11 is 0.